The highest BCUT2D eigenvalue weighted by atomic mass is 19.1. The van der Waals surface area contributed by atoms with E-state index in [0.29, 0.717) is 28.8 Å². The van der Waals surface area contributed by atoms with Gasteiger partial charge in [-0.1, -0.05) is 36.4 Å². The Morgan fingerprint density at radius 2 is 1.80 bits per heavy atom. The maximum atomic E-state index is 13.5. The van der Waals surface area contributed by atoms with E-state index in [2.05, 4.69) is 27.8 Å². The van der Waals surface area contributed by atoms with Crippen LogP contribution in [0.25, 0.3) is 11.0 Å². The lowest BCUT2D eigenvalue weighted by Gasteiger charge is -2.15. The second-order valence-electron chi connectivity index (χ2n) is 8.72. The number of ether oxygens (including phenoxy) is 1. The SMILES string of the molecule is COCC(=O)Nc1cc(C(=O)NC2Cc3ccccc3C2)c2c(c1)ncn2Cc1ccc(F)cc1. The molecule has 0 atom stereocenters. The molecule has 0 aliphatic heterocycles. The van der Waals surface area contributed by atoms with E-state index in [-0.39, 0.29) is 30.3 Å². The van der Waals surface area contributed by atoms with Crippen molar-refractivity contribution in [1.82, 2.24) is 14.9 Å². The van der Waals surface area contributed by atoms with Crippen LogP contribution in [0.15, 0.2) is 67.0 Å². The molecule has 178 valence electrons. The normalized spacial score (nSPS) is 13.1. The van der Waals surface area contributed by atoms with Crippen LogP contribution in [0.2, 0.25) is 0 Å². The average Bonchev–Trinajstić information content (AvgIpc) is 3.43. The van der Waals surface area contributed by atoms with Crippen molar-refractivity contribution >= 4 is 28.5 Å². The Balaban J connectivity index is 1.48. The second-order valence-corrected chi connectivity index (χ2v) is 8.72. The van der Waals surface area contributed by atoms with Gasteiger partial charge in [-0.15, -0.1) is 0 Å². The zero-order valence-corrected chi connectivity index (χ0v) is 19.3. The lowest BCUT2D eigenvalue weighted by Crippen LogP contribution is -2.35. The molecule has 8 heteroatoms. The molecule has 0 radical (unpaired) electrons. The number of nitrogens with one attached hydrogen (secondary N) is 2. The van der Waals surface area contributed by atoms with Gasteiger partial charge in [-0.25, -0.2) is 9.37 Å². The predicted octanol–water partition coefficient (Wildman–Crippen LogP) is 3.71. The van der Waals surface area contributed by atoms with Gasteiger partial charge in [-0.05, 0) is 53.8 Å². The van der Waals surface area contributed by atoms with E-state index in [0.717, 1.165) is 18.4 Å². The number of benzene rings is 3. The number of amides is 2. The summed E-state index contributed by atoms with van der Waals surface area (Å²) in [6, 6.07) is 17.8. The van der Waals surface area contributed by atoms with Crippen LogP contribution in [0.1, 0.15) is 27.0 Å². The standard InChI is InChI=1S/C27H25FN4O3/c1-35-15-25(33)30-22-12-23(27(34)31-21-10-18-4-2-3-5-19(18)11-21)26-24(13-22)29-16-32(26)14-17-6-8-20(28)9-7-17/h2-9,12-13,16,21H,10-11,14-15H2,1H3,(H,30,33)(H,31,34). The zero-order chi connectivity index (χ0) is 24.4. The van der Waals surface area contributed by atoms with Crippen molar-refractivity contribution in [3.8, 4) is 0 Å². The molecule has 2 amide bonds. The summed E-state index contributed by atoms with van der Waals surface area (Å²) in [5, 5.41) is 5.93. The van der Waals surface area contributed by atoms with E-state index in [9.17, 15) is 14.0 Å². The summed E-state index contributed by atoms with van der Waals surface area (Å²) in [5.74, 6) is -0.870. The van der Waals surface area contributed by atoms with Crippen molar-refractivity contribution in [2.75, 3.05) is 19.0 Å². The molecule has 3 aromatic carbocycles. The first-order chi connectivity index (χ1) is 17.0. The van der Waals surface area contributed by atoms with Crippen molar-refractivity contribution in [3.63, 3.8) is 0 Å². The Morgan fingerprint density at radius 1 is 1.09 bits per heavy atom. The second kappa shape index (κ2) is 9.68. The highest BCUT2D eigenvalue weighted by Crippen LogP contribution is 2.26. The highest BCUT2D eigenvalue weighted by Gasteiger charge is 2.25. The molecule has 0 fully saturated rings. The van der Waals surface area contributed by atoms with Crippen molar-refractivity contribution in [2.45, 2.75) is 25.4 Å². The van der Waals surface area contributed by atoms with E-state index < -0.39 is 0 Å². The van der Waals surface area contributed by atoms with Crippen LogP contribution in [0.5, 0.6) is 0 Å². The molecule has 0 bridgehead atoms. The fourth-order valence-corrected chi connectivity index (χ4v) is 4.61. The monoisotopic (exact) mass is 472 g/mol. The molecule has 1 aromatic heterocycles. The lowest BCUT2D eigenvalue weighted by molar-refractivity contribution is -0.119. The Labute approximate surface area is 201 Å². The van der Waals surface area contributed by atoms with E-state index in [1.165, 1.54) is 30.4 Å². The Kier molecular flexibility index (Phi) is 6.29. The van der Waals surface area contributed by atoms with Crippen LogP contribution in [-0.2, 0) is 28.9 Å². The molecular formula is C27H25FN4O3. The van der Waals surface area contributed by atoms with E-state index in [4.69, 9.17) is 4.74 Å². The van der Waals surface area contributed by atoms with Crippen molar-refractivity contribution in [3.05, 3.63) is 95.1 Å². The Morgan fingerprint density at radius 3 is 2.49 bits per heavy atom. The first-order valence-electron chi connectivity index (χ1n) is 11.4. The molecular weight excluding hydrogens is 447 g/mol. The number of aromatic nitrogens is 2. The van der Waals surface area contributed by atoms with Crippen LogP contribution in [0, 0.1) is 5.82 Å². The van der Waals surface area contributed by atoms with Crippen LogP contribution in [-0.4, -0.2) is 41.1 Å². The van der Waals surface area contributed by atoms with Gasteiger partial charge in [0, 0.05) is 25.4 Å². The van der Waals surface area contributed by atoms with Gasteiger partial charge in [0.25, 0.3) is 5.91 Å². The predicted molar refractivity (Wildman–Crippen MR) is 131 cm³/mol. The summed E-state index contributed by atoms with van der Waals surface area (Å²) in [6.45, 7) is 0.320. The summed E-state index contributed by atoms with van der Waals surface area (Å²) in [4.78, 5) is 30.1. The summed E-state index contributed by atoms with van der Waals surface area (Å²) in [5.41, 5.74) is 5.45. The first-order valence-corrected chi connectivity index (χ1v) is 11.4. The van der Waals surface area contributed by atoms with Gasteiger partial charge >= 0.3 is 0 Å². The molecule has 0 saturated carbocycles. The minimum Gasteiger partial charge on any atom is -0.375 e. The quantitative estimate of drug-likeness (QED) is 0.430. The molecule has 4 aromatic rings. The number of nitrogens with zero attached hydrogens (tertiary/aromatic N) is 2. The number of imidazole rings is 1. The van der Waals surface area contributed by atoms with Gasteiger partial charge in [0.2, 0.25) is 5.91 Å². The number of hydrogen-bond acceptors (Lipinski definition) is 4. The number of anilines is 1. The third kappa shape index (κ3) is 4.93. The third-order valence-corrected chi connectivity index (χ3v) is 6.17. The maximum Gasteiger partial charge on any atom is 0.253 e. The molecule has 5 rings (SSSR count). The Hall–Kier alpha value is -4.04. The highest BCUT2D eigenvalue weighted by molar-refractivity contribution is 6.07. The van der Waals surface area contributed by atoms with Crippen LogP contribution >= 0.6 is 0 Å². The number of methoxy groups -OCH3 is 1. The van der Waals surface area contributed by atoms with Crippen molar-refractivity contribution < 1.29 is 18.7 Å². The number of halogens is 1. The molecule has 35 heavy (non-hydrogen) atoms. The van der Waals surface area contributed by atoms with Gasteiger partial charge in [-0.3, -0.25) is 9.59 Å². The average molecular weight is 473 g/mol. The summed E-state index contributed by atoms with van der Waals surface area (Å²) in [6.07, 6.45) is 3.19. The molecule has 0 saturated heterocycles. The number of carbonyl (C=O) groups is 2. The fourth-order valence-electron chi connectivity index (χ4n) is 4.61. The van der Waals surface area contributed by atoms with Crippen molar-refractivity contribution in [1.29, 1.82) is 0 Å². The minimum atomic E-state index is -0.324. The molecule has 7 nitrogen and oxygen atoms in total. The van der Waals surface area contributed by atoms with E-state index >= 15 is 0 Å². The molecule has 0 spiro atoms. The van der Waals surface area contributed by atoms with Gasteiger partial charge in [0.15, 0.2) is 0 Å². The first kappa shape index (κ1) is 22.7. The van der Waals surface area contributed by atoms with Crippen LogP contribution in [0.3, 0.4) is 0 Å². The maximum absolute atomic E-state index is 13.5. The summed E-state index contributed by atoms with van der Waals surface area (Å²) < 4.78 is 20.1. The number of hydrogen-bond donors (Lipinski definition) is 2. The fraction of sp³-hybridized carbons (Fsp3) is 0.222. The van der Waals surface area contributed by atoms with E-state index in [1.54, 1.807) is 30.6 Å². The molecule has 1 aliphatic carbocycles. The van der Waals surface area contributed by atoms with Gasteiger partial charge in [0.1, 0.15) is 12.4 Å². The number of fused-ring (bicyclic) bond motifs is 2. The molecule has 1 aliphatic rings. The molecule has 1 heterocycles. The summed E-state index contributed by atoms with van der Waals surface area (Å²) >= 11 is 0. The number of carbonyl (C=O) groups excluding carboxylic acids is 2. The van der Waals surface area contributed by atoms with Gasteiger partial charge in [-0.2, -0.15) is 0 Å². The van der Waals surface area contributed by atoms with E-state index in [1.807, 2.05) is 16.7 Å². The van der Waals surface area contributed by atoms with Crippen molar-refractivity contribution in [2.24, 2.45) is 0 Å². The smallest absolute Gasteiger partial charge is 0.253 e. The zero-order valence-electron chi connectivity index (χ0n) is 19.3. The van der Waals surface area contributed by atoms with Gasteiger partial charge < -0.3 is 19.9 Å². The van der Waals surface area contributed by atoms with Crippen LogP contribution < -0.4 is 10.6 Å². The lowest BCUT2D eigenvalue weighted by atomic mass is 10.1. The van der Waals surface area contributed by atoms with Gasteiger partial charge in [0.05, 0.1) is 22.9 Å². The number of rotatable bonds is 7. The minimum absolute atomic E-state index is 0.0184. The third-order valence-electron chi connectivity index (χ3n) is 6.17. The molecule has 2 N–H and O–H groups in total. The topological polar surface area (TPSA) is 85.2 Å². The van der Waals surface area contributed by atoms with Crippen LogP contribution in [0.4, 0.5) is 10.1 Å². The molecule has 0 unspecified atom stereocenters. The Bertz CT molecular complexity index is 1370. The largest absolute Gasteiger partial charge is 0.375 e. The summed E-state index contributed by atoms with van der Waals surface area (Å²) in [7, 11) is 1.44.